The van der Waals surface area contributed by atoms with Crippen molar-refractivity contribution in [3.05, 3.63) is 85.0 Å². The van der Waals surface area contributed by atoms with E-state index in [-0.39, 0.29) is 83.1 Å². The summed E-state index contributed by atoms with van der Waals surface area (Å²) < 4.78 is 0. The van der Waals surface area contributed by atoms with Gasteiger partial charge in [0.25, 0.3) is 0 Å². The predicted molar refractivity (Wildman–Crippen MR) is 150 cm³/mol. The Morgan fingerprint density at radius 2 is 1.07 bits per heavy atom. The fraction of sp³-hybridized carbons (Fsp3) is 0.471. The minimum atomic E-state index is -0.263. The van der Waals surface area contributed by atoms with Crippen molar-refractivity contribution >= 4 is 23.6 Å². The number of benzene rings is 1. The van der Waals surface area contributed by atoms with Crippen molar-refractivity contribution in [1.82, 2.24) is 9.80 Å². The SMILES string of the molecule is C=CCCC12C=CC(C1)C1C(=O)N(Cc3ccc(CN4C(=O)C5C6C=CC(CCC=C)(C6)C5C4=O)cc3)C(=O)C12. The number of nitrogens with zero attached hydrogens (tertiary/aromatic N) is 2. The van der Waals surface area contributed by atoms with E-state index in [2.05, 4.69) is 37.5 Å². The van der Waals surface area contributed by atoms with Crippen LogP contribution in [0.2, 0.25) is 0 Å². The summed E-state index contributed by atoms with van der Waals surface area (Å²) in [6.45, 7) is 8.19. The largest absolute Gasteiger partial charge is 0.278 e. The summed E-state index contributed by atoms with van der Waals surface area (Å²) in [5.74, 6) is -0.928. The Balaban J connectivity index is 1.04. The summed E-state index contributed by atoms with van der Waals surface area (Å²) in [5.41, 5.74) is 1.29. The van der Waals surface area contributed by atoms with Gasteiger partial charge in [0.2, 0.25) is 23.6 Å². The molecule has 206 valence electrons. The van der Waals surface area contributed by atoms with Crippen molar-refractivity contribution in [3.63, 3.8) is 0 Å². The average molecular weight is 537 g/mol. The standard InChI is InChI=1S/C34H36N2O4/c1-3-5-13-33-15-11-23(17-33)25-27(33)31(39)35(29(25)37)19-21-7-9-22(10-8-21)20-36-30(38)26-24-12-16-34(18-24,14-6-4-2)28(26)32(36)40/h3-4,7-12,15-16,23-28H,1-2,5-6,13-14,17-20H2. The summed E-state index contributed by atoms with van der Waals surface area (Å²) in [7, 11) is 0. The van der Waals surface area contributed by atoms with Crippen molar-refractivity contribution in [2.75, 3.05) is 0 Å². The van der Waals surface area contributed by atoms with E-state index in [4.69, 9.17) is 0 Å². The number of carbonyl (C=O) groups excluding carboxylic acids is 4. The maximum absolute atomic E-state index is 13.5. The van der Waals surface area contributed by atoms with Crippen LogP contribution in [0.3, 0.4) is 0 Å². The maximum atomic E-state index is 13.5. The topological polar surface area (TPSA) is 74.8 Å². The Labute approximate surface area is 235 Å². The molecule has 8 atom stereocenters. The quantitative estimate of drug-likeness (QED) is 0.313. The number of fused-ring (bicyclic) bond motifs is 10. The first-order valence-corrected chi connectivity index (χ1v) is 14.7. The van der Waals surface area contributed by atoms with E-state index in [1.54, 1.807) is 0 Å². The van der Waals surface area contributed by atoms with E-state index in [1.165, 1.54) is 9.80 Å². The number of amides is 4. The number of hydrogen-bond donors (Lipinski definition) is 0. The van der Waals surface area contributed by atoms with Crippen LogP contribution in [0.1, 0.15) is 49.7 Å². The molecule has 40 heavy (non-hydrogen) atoms. The molecule has 0 spiro atoms. The second-order valence-corrected chi connectivity index (χ2v) is 12.9. The van der Waals surface area contributed by atoms with Crippen LogP contribution in [0.25, 0.3) is 0 Å². The van der Waals surface area contributed by atoms with Crippen molar-refractivity contribution in [1.29, 1.82) is 0 Å². The zero-order valence-electron chi connectivity index (χ0n) is 22.8. The van der Waals surface area contributed by atoms with Crippen LogP contribution >= 0.6 is 0 Å². The van der Waals surface area contributed by atoms with E-state index < -0.39 is 0 Å². The second-order valence-electron chi connectivity index (χ2n) is 12.9. The van der Waals surface area contributed by atoms with Crippen molar-refractivity contribution in [2.24, 2.45) is 46.3 Å². The lowest BCUT2D eigenvalue weighted by Gasteiger charge is -2.30. The third kappa shape index (κ3) is 3.40. The molecule has 1 aromatic carbocycles. The normalized spacial score (nSPS) is 38.2. The van der Waals surface area contributed by atoms with Gasteiger partial charge in [-0.3, -0.25) is 29.0 Å². The Morgan fingerprint density at radius 1 is 0.675 bits per heavy atom. The second kappa shape index (κ2) is 8.98. The highest BCUT2D eigenvalue weighted by molar-refractivity contribution is 6.07. The molecule has 4 fully saturated rings. The van der Waals surface area contributed by atoms with E-state index in [0.717, 1.165) is 49.7 Å². The number of carbonyl (C=O) groups is 4. The lowest BCUT2D eigenvalue weighted by atomic mass is 9.72. The molecule has 4 aliphatic carbocycles. The van der Waals surface area contributed by atoms with Crippen molar-refractivity contribution in [2.45, 2.75) is 51.6 Å². The lowest BCUT2D eigenvalue weighted by Crippen LogP contribution is -2.35. The smallest absolute Gasteiger partial charge is 0.234 e. The summed E-state index contributed by atoms with van der Waals surface area (Å²) in [6, 6.07) is 7.64. The van der Waals surface area contributed by atoms with Gasteiger partial charge in [-0.1, -0.05) is 60.7 Å². The third-order valence-corrected chi connectivity index (χ3v) is 11.0. The van der Waals surface area contributed by atoms with Gasteiger partial charge in [0, 0.05) is 10.8 Å². The average Bonchev–Trinajstić information content (AvgIpc) is 3.79. The number of hydrogen-bond acceptors (Lipinski definition) is 4. The van der Waals surface area contributed by atoms with Crippen LogP contribution in [0.5, 0.6) is 0 Å². The zero-order valence-corrected chi connectivity index (χ0v) is 22.8. The maximum Gasteiger partial charge on any atom is 0.234 e. The highest BCUT2D eigenvalue weighted by Crippen LogP contribution is 2.63. The molecule has 0 aromatic heterocycles. The molecular weight excluding hydrogens is 500 g/mol. The first-order valence-electron chi connectivity index (χ1n) is 14.7. The molecule has 1 aromatic rings. The molecule has 4 amide bonds. The Hall–Kier alpha value is -3.54. The van der Waals surface area contributed by atoms with Gasteiger partial charge < -0.3 is 0 Å². The lowest BCUT2D eigenvalue weighted by molar-refractivity contribution is -0.143. The molecule has 4 bridgehead atoms. The summed E-state index contributed by atoms with van der Waals surface area (Å²) in [4.78, 5) is 56.7. The third-order valence-electron chi connectivity index (χ3n) is 11.0. The Morgan fingerprint density at radius 3 is 1.45 bits per heavy atom. The summed E-state index contributed by atoms with van der Waals surface area (Å²) in [6.07, 6.45) is 17.6. The van der Waals surface area contributed by atoms with Crippen LogP contribution in [-0.2, 0) is 32.3 Å². The van der Waals surface area contributed by atoms with Crippen molar-refractivity contribution < 1.29 is 19.2 Å². The van der Waals surface area contributed by atoms with Gasteiger partial charge in [-0.2, -0.15) is 0 Å². The molecular formula is C34H36N2O4. The van der Waals surface area contributed by atoms with E-state index in [0.29, 0.717) is 0 Å². The first kappa shape index (κ1) is 25.4. The van der Waals surface area contributed by atoms with Crippen LogP contribution in [0, 0.1) is 46.3 Å². The van der Waals surface area contributed by atoms with Gasteiger partial charge in [0.15, 0.2) is 0 Å². The van der Waals surface area contributed by atoms with Crippen LogP contribution in [-0.4, -0.2) is 33.4 Å². The van der Waals surface area contributed by atoms with E-state index >= 15 is 0 Å². The van der Waals surface area contributed by atoms with E-state index in [1.807, 2.05) is 36.4 Å². The molecule has 2 saturated heterocycles. The van der Waals surface area contributed by atoms with Gasteiger partial charge in [0.1, 0.15) is 0 Å². The first-order chi connectivity index (χ1) is 19.3. The molecule has 2 heterocycles. The van der Waals surface area contributed by atoms with Crippen molar-refractivity contribution in [3.8, 4) is 0 Å². The highest BCUT2D eigenvalue weighted by Gasteiger charge is 2.66. The monoisotopic (exact) mass is 536 g/mol. The molecule has 0 radical (unpaired) electrons. The fourth-order valence-electron chi connectivity index (χ4n) is 9.16. The molecule has 6 nitrogen and oxygen atoms in total. The number of likely N-dealkylation sites (tertiary alicyclic amines) is 2. The predicted octanol–water partition coefficient (Wildman–Crippen LogP) is 4.97. The van der Waals surface area contributed by atoms with Crippen LogP contribution < -0.4 is 0 Å². The van der Waals surface area contributed by atoms with Gasteiger partial charge in [-0.25, -0.2) is 0 Å². The summed E-state index contributed by atoms with van der Waals surface area (Å²) >= 11 is 0. The number of imide groups is 2. The van der Waals surface area contributed by atoms with Gasteiger partial charge in [0.05, 0.1) is 36.8 Å². The molecule has 7 rings (SSSR count). The van der Waals surface area contributed by atoms with Crippen LogP contribution in [0.4, 0.5) is 0 Å². The molecule has 2 saturated carbocycles. The molecule has 0 N–H and O–H groups in total. The zero-order chi connectivity index (χ0) is 27.8. The molecule has 2 aliphatic heterocycles. The Bertz CT molecular complexity index is 1290. The molecule has 6 heteroatoms. The summed E-state index contributed by atoms with van der Waals surface area (Å²) in [5, 5.41) is 0. The molecule has 6 aliphatic rings. The number of allylic oxidation sites excluding steroid dienone is 6. The van der Waals surface area contributed by atoms with Gasteiger partial charge in [-0.05, 0) is 61.5 Å². The fourth-order valence-corrected chi connectivity index (χ4v) is 9.16. The van der Waals surface area contributed by atoms with E-state index in [9.17, 15) is 19.2 Å². The minimum Gasteiger partial charge on any atom is -0.278 e. The molecule has 8 unspecified atom stereocenters. The number of rotatable bonds is 10. The Kier molecular flexibility index (Phi) is 5.71. The highest BCUT2D eigenvalue weighted by atomic mass is 16.2. The van der Waals surface area contributed by atoms with Crippen LogP contribution in [0.15, 0.2) is 73.9 Å². The minimum absolute atomic E-state index is 0.0524. The van der Waals surface area contributed by atoms with Gasteiger partial charge in [-0.15, -0.1) is 13.2 Å². The van der Waals surface area contributed by atoms with Gasteiger partial charge >= 0.3 is 0 Å².